The highest BCUT2D eigenvalue weighted by Crippen LogP contribution is 2.30. The third-order valence-electron chi connectivity index (χ3n) is 4.08. The van der Waals surface area contributed by atoms with Crippen molar-refractivity contribution in [2.45, 2.75) is 19.8 Å². The number of unbranched alkanes of at least 4 members (excludes halogenated alkanes) is 1. The maximum Gasteiger partial charge on any atom is 0.264 e. The Morgan fingerprint density at radius 1 is 0.962 bits per heavy atom. The highest BCUT2D eigenvalue weighted by Gasteiger charge is 2.10. The zero-order valence-corrected chi connectivity index (χ0v) is 15.9. The molecule has 0 amide bonds. The standard InChI is InChI=1S/C21H23NO3S/c1-3-4-16-24-26(23)22(2)18-12-14-19(15-13-18)25-21-11-7-9-17-8-5-6-10-20(17)21/h5-15H,3-4,16H2,1-2H3. The molecule has 0 bridgehead atoms. The zero-order chi connectivity index (χ0) is 18.4. The van der Waals surface area contributed by atoms with Crippen LogP contribution >= 0.6 is 0 Å². The Bertz CT molecular complexity index is 875. The first kappa shape index (κ1) is 18.4. The van der Waals surface area contributed by atoms with Gasteiger partial charge in [-0.25, -0.2) is 4.21 Å². The van der Waals surface area contributed by atoms with E-state index < -0.39 is 11.3 Å². The van der Waals surface area contributed by atoms with Crippen molar-refractivity contribution in [1.82, 2.24) is 0 Å². The molecule has 26 heavy (non-hydrogen) atoms. The smallest absolute Gasteiger partial charge is 0.264 e. The van der Waals surface area contributed by atoms with Gasteiger partial charge in [0.15, 0.2) is 0 Å². The van der Waals surface area contributed by atoms with Gasteiger partial charge in [-0.05, 0) is 42.1 Å². The molecule has 0 aliphatic rings. The van der Waals surface area contributed by atoms with Crippen LogP contribution in [0.2, 0.25) is 0 Å². The minimum Gasteiger partial charge on any atom is -0.457 e. The molecular weight excluding hydrogens is 346 g/mol. The van der Waals surface area contributed by atoms with Crippen molar-refractivity contribution in [1.29, 1.82) is 0 Å². The van der Waals surface area contributed by atoms with Gasteiger partial charge in [0.1, 0.15) is 11.5 Å². The van der Waals surface area contributed by atoms with E-state index in [0.29, 0.717) is 6.61 Å². The van der Waals surface area contributed by atoms with Crippen LogP contribution in [0.25, 0.3) is 10.8 Å². The van der Waals surface area contributed by atoms with Crippen molar-refractivity contribution in [3.05, 3.63) is 66.7 Å². The summed E-state index contributed by atoms with van der Waals surface area (Å²) in [4.78, 5) is 0. The first-order chi connectivity index (χ1) is 12.7. The number of hydrogen-bond donors (Lipinski definition) is 0. The van der Waals surface area contributed by atoms with Gasteiger partial charge in [-0.2, -0.15) is 0 Å². The van der Waals surface area contributed by atoms with E-state index in [2.05, 4.69) is 19.1 Å². The molecule has 0 radical (unpaired) electrons. The van der Waals surface area contributed by atoms with E-state index in [-0.39, 0.29) is 0 Å². The molecule has 1 unspecified atom stereocenters. The van der Waals surface area contributed by atoms with Crippen molar-refractivity contribution in [3.63, 3.8) is 0 Å². The normalized spacial score (nSPS) is 12.1. The van der Waals surface area contributed by atoms with Crippen LogP contribution in [0.3, 0.4) is 0 Å². The lowest BCUT2D eigenvalue weighted by molar-refractivity contribution is 0.337. The topological polar surface area (TPSA) is 38.8 Å². The summed E-state index contributed by atoms with van der Waals surface area (Å²) in [5.41, 5.74) is 0.810. The fourth-order valence-corrected chi connectivity index (χ4v) is 3.29. The van der Waals surface area contributed by atoms with Gasteiger partial charge in [-0.15, -0.1) is 0 Å². The fourth-order valence-electron chi connectivity index (χ4n) is 2.58. The molecule has 0 spiro atoms. The molecule has 5 heteroatoms. The first-order valence-corrected chi connectivity index (χ1v) is 9.77. The molecule has 3 rings (SSSR count). The average molecular weight is 369 g/mol. The van der Waals surface area contributed by atoms with Gasteiger partial charge in [-0.1, -0.05) is 49.7 Å². The van der Waals surface area contributed by atoms with Crippen LogP contribution in [0.4, 0.5) is 5.69 Å². The van der Waals surface area contributed by atoms with Gasteiger partial charge in [-0.3, -0.25) is 8.49 Å². The lowest BCUT2D eigenvalue weighted by atomic mass is 10.1. The van der Waals surface area contributed by atoms with Crippen LogP contribution in [0, 0.1) is 0 Å². The van der Waals surface area contributed by atoms with Crippen LogP contribution in [-0.2, 0) is 15.4 Å². The maximum atomic E-state index is 12.1. The summed E-state index contributed by atoms with van der Waals surface area (Å²) >= 11 is -1.49. The highest BCUT2D eigenvalue weighted by molar-refractivity contribution is 7.81. The molecule has 1 atom stereocenters. The number of hydrogen-bond acceptors (Lipinski definition) is 3. The Morgan fingerprint density at radius 3 is 2.46 bits per heavy atom. The summed E-state index contributed by atoms with van der Waals surface area (Å²) in [6.45, 7) is 2.57. The largest absolute Gasteiger partial charge is 0.457 e. The Balaban J connectivity index is 1.70. The summed E-state index contributed by atoms with van der Waals surface area (Å²) in [7, 11) is 1.75. The number of ether oxygens (including phenoxy) is 1. The highest BCUT2D eigenvalue weighted by atomic mass is 32.2. The number of rotatable bonds is 8. The molecule has 3 aromatic carbocycles. The summed E-state index contributed by atoms with van der Waals surface area (Å²) < 4.78 is 25.1. The van der Waals surface area contributed by atoms with Crippen LogP contribution in [-0.4, -0.2) is 17.9 Å². The van der Waals surface area contributed by atoms with Gasteiger partial charge >= 0.3 is 0 Å². The summed E-state index contributed by atoms with van der Waals surface area (Å²) in [6.07, 6.45) is 1.92. The predicted molar refractivity (Wildman–Crippen MR) is 108 cm³/mol. The second-order valence-corrected chi connectivity index (χ2v) is 7.18. The number of anilines is 1. The Labute approximate surface area is 157 Å². The van der Waals surface area contributed by atoms with E-state index in [1.165, 1.54) is 0 Å². The van der Waals surface area contributed by atoms with E-state index in [0.717, 1.165) is 40.8 Å². The van der Waals surface area contributed by atoms with Gasteiger partial charge in [0.25, 0.3) is 11.3 Å². The molecular formula is C21H23NO3S. The van der Waals surface area contributed by atoms with Crippen LogP contribution in [0.5, 0.6) is 11.5 Å². The Kier molecular flexibility index (Phi) is 6.26. The molecule has 4 nitrogen and oxygen atoms in total. The number of benzene rings is 3. The summed E-state index contributed by atoms with van der Waals surface area (Å²) in [5.74, 6) is 1.55. The Hall–Kier alpha value is -2.37. The van der Waals surface area contributed by atoms with E-state index in [9.17, 15) is 4.21 Å². The van der Waals surface area contributed by atoms with Gasteiger partial charge in [0, 0.05) is 12.4 Å². The number of nitrogens with zero attached hydrogens (tertiary/aromatic N) is 1. The molecule has 136 valence electrons. The SMILES string of the molecule is CCCCOS(=O)N(C)c1ccc(Oc2cccc3ccccc23)cc1. The van der Waals surface area contributed by atoms with Crippen LogP contribution < -0.4 is 9.04 Å². The van der Waals surface area contributed by atoms with Gasteiger partial charge < -0.3 is 4.74 Å². The summed E-state index contributed by atoms with van der Waals surface area (Å²) in [5, 5.41) is 2.21. The third kappa shape index (κ3) is 4.42. The molecule has 0 heterocycles. The number of fused-ring (bicyclic) bond motifs is 1. The predicted octanol–water partition coefficient (Wildman–Crippen LogP) is 5.46. The fraction of sp³-hybridized carbons (Fsp3) is 0.238. The van der Waals surface area contributed by atoms with Crippen molar-refractivity contribution in [2.75, 3.05) is 18.0 Å². The molecule has 0 fully saturated rings. The van der Waals surface area contributed by atoms with Crippen molar-refractivity contribution >= 4 is 27.7 Å². The molecule has 0 saturated carbocycles. The zero-order valence-electron chi connectivity index (χ0n) is 15.1. The molecule has 3 aromatic rings. The van der Waals surface area contributed by atoms with Crippen molar-refractivity contribution < 1.29 is 13.1 Å². The van der Waals surface area contributed by atoms with Crippen LogP contribution in [0.1, 0.15) is 19.8 Å². The lowest BCUT2D eigenvalue weighted by Gasteiger charge is -2.17. The van der Waals surface area contributed by atoms with Crippen molar-refractivity contribution in [2.24, 2.45) is 0 Å². The molecule has 0 aliphatic carbocycles. The molecule has 0 N–H and O–H groups in total. The molecule has 0 aromatic heterocycles. The monoisotopic (exact) mass is 369 g/mol. The van der Waals surface area contributed by atoms with E-state index in [4.69, 9.17) is 8.92 Å². The second kappa shape index (κ2) is 8.83. The Morgan fingerprint density at radius 2 is 1.69 bits per heavy atom. The summed E-state index contributed by atoms with van der Waals surface area (Å²) in [6, 6.07) is 21.6. The van der Waals surface area contributed by atoms with Gasteiger partial charge in [0.05, 0.1) is 12.3 Å². The minimum atomic E-state index is -1.49. The van der Waals surface area contributed by atoms with Crippen LogP contribution in [0.15, 0.2) is 66.7 Å². The van der Waals surface area contributed by atoms with E-state index in [1.54, 1.807) is 11.4 Å². The quantitative estimate of drug-likeness (QED) is 0.495. The second-order valence-electron chi connectivity index (χ2n) is 5.96. The average Bonchev–Trinajstić information content (AvgIpc) is 2.68. The third-order valence-corrected chi connectivity index (χ3v) is 5.11. The van der Waals surface area contributed by atoms with E-state index in [1.807, 2.05) is 54.6 Å². The molecule has 0 aliphatic heterocycles. The van der Waals surface area contributed by atoms with Crippen molar-refractivity contribution in [3.8, 4) is 11.5 Å². The minimum absolute atomic E-state index is 0.496. The maximum absolute atomic E-state index is 12.1. The molecule has 0 saturated heterocycles. The lowest BCUT2D eigenvalue weighted by Crippen LogP contribution is -2.22. The van der Waals surface area contributed by atoms with E-state index >= 15 is 0 Å². The first-order valence-electron chi connectivity index (χ1n) is 8.73. The van der Waals surface area contributed by atoms with Gasteiger partial charge in [0.2, 0.25) is 0 Å².